The van der Waals surface area contributed by atoms with Gasteiger partial charge in [0.25, 0.3) is 10.0 Å². The van der Waals surface area contributed by atoms with E-state index in [1.165, 1.54) is 32.2 Å². The third kappa shape index (κ3) is 6.04. The van der Waals surface area contributed by atoms with Crippen LogP contribution < -0.4 is 14.8 Å². The van der Waals surface area contributed by atoms with Gasteiger partial charge in [-0.1, -0.05) is 0 Å². The Morgan fingerprint density at radius 2 is 1.79 bits per heavy atom. The highest BCUT2D eigenvalue weighted by Crippen LogP contribution is 2.42. The summed E-state index contributed by atoms with van der Waals surface area (Å²) in [6, 6.07) is 6.43. The van der Waals surface area contributed by atoms with E-state index in [2.05, 4.69) is 20.0 Å². The summed E-state index contributed by atoms with van der Waals surface area (Å²) in [6.45, 7) is 3.37. The van der Waals surface area contributed by atoms with Crippen molar-refractivity contribution in [1.29, 1.82) is 0 Å². The van der Waals surface area contributed by atoms with Gasteiger partial charge in [-0.25, -0.2) is 27.2 Å². The van der Waals surface area contributed by atoms with Crippen molar-refractivity contribution in [2.24, 2.45) is 0 Å². The van der Waals surface area contributed by atoms with Crippen molar-refractivity contribution in [2.45, 2.75) is 74.0 Å². The number of pyridine rings is 2. The summed E-state index contributed by atoms with van der Waals surface area (Å²) < 4.78 is 70.1. The van der Waals surface area contributed by atoms with Crippen LogP contribution in [0.3, 0.4) is 0 Å². The number of alkyl halides is 1. The van der Waals surface area contributed by atoms with Crippen LogP contribution in [-0.4, -0.2) is 51.0 Å². The zero-order chi connectivity index (χ0) is 28.2. The normalized spacial score (nSPS) is 17.7. The minimum absolute atomic E-state index is 0.155. The Balaban J connectivity index is 1.46. The number of nitrogens with one attached hydrogen (secondary N) is 3. The minimum atomic E-state index is -4.06. The number of amides is 1. The number of carbonyl (C=O) groups is 1. The predicted molar refractivity (Wildman–Crippen MR) is 144 cm³/mol. The molecule has 208 valence electrons. The summed E-state index contributed by atoms with van der Waals surface area (Å²) in [5.41, 5.74) is 1.18. The summed E-state index contributed by atoms with van der Waals surface area (Å²) in [5.74, 6) is -0.389. The van der Waals surface area contributed by atoms with Gasteiger partial charge in [0.1, 0.15) is 5.67 Å². The molecular formula is C26H30FN5O5S2. The van der Waals surface area contributed by atoms with Crippen molar-refractivity contribution in [1.82, 2.24) is 19.4 Å². The number of carbonyl (C=O) groups excluding carboxylic acids is 1. The van der Waals surface area contributed by atoms with Crippen LogP contribution in [0.25, 0.3) is 10.8 Å². The molecule has 1 unspecified atom stereocenters. The molecular weight excluding hydrogens is 545 g/mol. The molecule has 1 saturated carbocycles. The molecule has 0 saturated heterocycles. The first-order chi connectivity index (χ1) is 18.2. The highest BCUT2D eigenvalue weighted by atomic mass is 32.2. The molecule has 1 fully saturated rings. The highest BCUT2D eigenvalue weighted by molar-refractivity contribution is 7.90. The molecule has 0 aliphatic heterocycles. The summed E-state index contributed by atoms with van der Waals surface area (Å²) in [7, 11) is -8.11. The molecule has 1 aromatic carbocycles. The zero-order valence-corrected chi connectivity index (χ0v) is 23.4. The Hall–Kier alpha value is -3.16. The number of hydrogen-bond donors (Lipinski definition) is 3. The molecule has 0 bridgehead atoms. The fraction of sp³-hybridized carbons (Fsp3) is 0.423. The van der Waals surface area contributed by atoms with Crippen LogP contribution in [0.15, 0.2) is 46.6 Å². The van der Waals surface area contributed by atoms with Crippen molar-refractivity contribution in [3.63, 3.8) is 0 Å². The number of sulfonamides is 2. The SMILES string of the molecule is CC(=O)NS(=O)(=O)c1ccc(NC2Cc3cc4cnc(C5CC5)cc4c(S(=O)(=O)NCC(C)(C)F)c3C2)cn1. The summed E-state index contributed by atoms with van der Waals surface area (Å²) in [4.78, 5) is 19.8. The van der Waals surface area contributed by atoms with Gasteiger partial charge in [0.05, 0.1) is 16.8 Å². The lowest BCUT2D eigenvalue weighted by atomic mass is 10.0. The lowest BCUT2D eigenvalue weighted by Gasteiger charge is -2.18. The smallest absolute Gasteiger partial charge is 0.281 e. The Bertz CT molecular complexity index is 1670. The molecule has 2 heterocycles. The Kier molecular flexibility index (Phi) is 6.88. The monoisotopic (exact) mass is 575 g/mol. The molecule has 2 aliphatic rings. The van der Waals surface area contributed by atoms with E-state index in [9.17, 15) is 26.0 Å². The first-order valence-corrected chi connectivity index (χ1v) is 15.6. The van der Waals surface area contributed by atoms with Gasteiger partial charge < -0.3 is 5.32 Å². The Morgan fingerprint density at radius 1 is 1.05 bits per heavy atom. The van der Waals surface area contributed by atoms with E-state index in [1.807, 2.05) is 16.9 Å². The van der Waals surface area contributed by atoms with Gasteiger partial charge >= 0.3 is 0 Å². The molecule has 5 rings (SSSR count). The first kappa shape index (κ1) is 27.4. The quantitative estimate of drug-likeness (QED) is 0.353. The summed E-state index contributed by atoms with van der Waals surface area (Å²) in [6.07, 6.45) is 5.99. The molecule has 1 atom stereocenters. The Labute approximate surface area is 226 Å². The fourth-order valence-corrected chi connectivity index (χ4v) is 7.42. The van der Waals surface area contributed by atoms with Gasteiger partial charge in [0, 0.05) is 48.1 Å². The molecule has 3 N–H and O–H groups in total. The van der Waals surface area contributed by atoms with E-state index in [-0.39, 0.29) is 22.5 Å². The molecule has 13 heteroatoms. The minimum Gasteiger partial charge on any atom is -0.380 e. The number of hydrogen-bond acceptors (Lipinski definition) is 8. The molecule has 39 heavy (non-hydrogen) atoms. The number of nitrogens with zero attached hydrogens (tertiary/aromatic N) is 2. The van der Waals surface area contributed by atoms with Gasteiger partial charge in [-0.2, -0.15) is 8.42 Å². The van der Waals surface area contributed by atoms with Crippen LogP contribution in [0.2, 0.25) is 0 Å². The van der Waals surface area contributed by atoms with Crippen LogP contribution in [0.1, 0.15) is 56.4 Å². The van der Waals surface area contributed by atoms with E-state index in [4.69, 9.17) is 0 Å². The van der Waals surface area contributed by atoms with Crippen LogP contribution in [0.5, 0.6) is 0 Å². The van der Waals surface area contributed by atoms with Gasteiger partial charge in [0.15, 0.2) is 5.03 Å². The van der Waals surface area contributed by atoms with E-state index < -0.39 is 31.6 Å². The average molecular weight is 576 g/mol. The molecule has 0 spiro atoms. The summed E-state index contributed by atoms with van der Waals surface area (Å²) in [5, 5.41) is 4.28. The maximum atomic E-state index is 14.3. The van der Waals surface area contributed by atoms with Crippen LogP contribution in [0, 0.1) is 0 Å². The predicted octanol–water partition coefficient (Wildman–Crippen LogP) is 2.94. The van der Waals surface area contributed by atoms with Crippen molar-refractivity contribution >= 4 is 42.4 Å². The second kappa shape index (κ2) is 9.79. The molecule has 10 nitrogen and oxygen atoms in total. The third-order valence-corrected chi connectivity index (χ3v) is 9.59. The number of halogens is 1. The van der Waals surface area contributed by atoms with Gasteiger partial charge in [0.2, 0.25) is 15.9 Å². The molecule has 1 amide bonds. The summed E-state index contributed by atoms with van der Waals surface area (Å²) >= 11 is 0. The second-order valence-corrected chi connectivity index (χ2v) is 14.1. The van der Waals surface area contributed by atoms with Gasteiger partial charge in [-0.3, -0.25) is 9.78 Å². The van der Waals surface area contributed by atoms with Gasteiger partial charge in [-0.05, 0) is 74.9 Å². The average Bonchev–Trinajstić information content (AvgIpc) is 3.61. The van der Waals surface area contributed by atoms with Crippen LogP contribution >= 0.6 is 0 Å². The lowest BCUT2D eigenvalue weighted by molar-refractivity contribution is -0.117. The Morgan fingerprint density at radius 3 is 2.41 bits per heavy atom. The molecule has 2 aliphatic carbocycles. The lowest BCUT2D eigenvalue weighted by Crippen LogP contribution is -2.36. The highest BCUT2D eigenvalue weighted by Gasteiger charge is 2.33. The molecule has 0 radical (unpaired) electrons. The maximum absolute atomic E-state index is 14.3. The largest absolute Gasteiger partial charge is 0.380 e. The number of anilines is 1. The van der Waals surface area contributed by atoms with Crippen LogP contribution in [-0.2, 0) is 37.7 Å². The topological polar surface area (TPSA) is 147 Å². The third-order valence-electron chi connectivity index (χ3n) is 6.72. The van der Waals surface area contributed by atoms with Gasteiger partial charge in [-0.15, -0.1) is 0 Å². The van der Waals surface area contributed by atoms with Crippen molar-refractivity contribution < 1.29 is 26.0 Å². The van der Waals surface area contributed by atoms with E-state index in [1.54, 1.807) is 6.20 Å². The molecule has 2 aromatic heterocycles. The van der Waals surface area contributed by atoms with Crippen molar-refractivity contribution in [2.75, 3.05) is 11.9 Å². The number of rotatable bonds is 9. The van der Waals surface area contributed by atoms with Crippen molar-refractivity contribution in [3.05, 3.63) is 53.5 Å². The number of fused-ring (bicyclic) bond motifs is 2. The second-order valence-electron chi connectivity index (χ2n) is 10.8. The maximum Gasteiger partial charge on any atom is 0.281 e. The van der Waals surface area contributed by atoms with E-state index in [0.717, 1.165) is 31.0 Å². The number of aromatic nitrogens is 2. The molecule has 3 aromatic rings. The van der Waals surface area contributed by atoms with Crippen LogP contribution in [0.4, 0.5) is 10.1 Å². The fourth-order valence-electron chi connectivity index (χ4n) is 4.82. The van der Waals surface area contributed by atoms with E-state index >= 15 is 0 Å². The van der Waals surface area contributed by atoms with Crippen molar-refractivity contribution in [3.8, 4) is 0 Å². The first-order valence-electron chi connectivity index (χ1n) is 12.6. The number of benzene rings is 1. The van der Waals surface area contributed by atoms with E-state index in [0.29, 0.717) is 40.8 Å². The zero-order valence-electron chi connectivity index (χ0n) is 21.8. The standard InChI is InChI=1S/C26H30FN5O5S2/c1-15(33)32-38(34,35)24-7-6-19(13-29-24)31-20-9-17-8-18-12-28-23(16-4-5-16)11-22(18)25(21(17)10-20)39(36,37)30-14-26(2,3)27/h6-8,11-13,16,20,30-31H,4-5,9-10,14H2,1-3H3,(H,32,33).